The monoisotopic (exact) mass is 192 g/mol. The van der Waals surface area contributed by atoms with Crippen LogP contribution in [-0.4, -0.2) is 27.4 Å². The van der Waals surface area contributed by atoms with E-state index in [2.05, 4.69) is 21.2 Å². The van der Waals surface area contributed by atoms with Crippen molar-refractivity contribution in [3.05, 3.63) is 0 Å². The lowest BCUT2D eigenvalue weighted by Gasteiger charge is -2.09. The predicted molar refractivity (Wildman–Crippen MR) is 35.3 cm³/mol. The summed E-state index contributed by atoms with van der Waals surface area (Å²) in [4.78, 5) is 10.3. The lowest BCUT2D eigenvalue weighted by Crippen LogP contribution is -2.27. The average Bonchev–Trinajstić information content (AvgIpc) is 2.13. The van der Waals surface area contributed by atoms with Gasteiger partial charge in [0, 0.05) is 12.6 Å². The highest BCUT2D eigenvalue weighted by Gasteiger charge is 2.25. The van der Waals surface area contributed by atoms with E-state index in [0.717, 1.165) is 0 Å². The molecule has 1 aliphatic rings. The van der Waals surface area contributed by atoms with E-state index < -0.39 is 12.0 Å². The van der Waals surface area contributed by atoms with E-state index in [1.807, 2.05) is 0 Å². The first-order valence-corrected chi connectivity index (χ1v) is 3.13. The molecule has 0 aromatic heterocycles. The van der Waals surface area contributed by atoms with Gasteiger partial charge in [-0.05, 0) is 0 Å². The SMILES string of the molecule is O=C(O)C1CC=NN1Br. The molecule has 0 spiro atoms. The highest BCUT2D eigenvalue weighted by atomic mass is 79.9. The summed E-state index contributed by atoms with van der Waals surface area (Å²) in [6, 6.07) is -0.523. The normalized spacial score (nSPS) is 25.0. The van der Waals surface area contributed by atoms with E-state index in [1.54, 1.807) is 6.21 Å². The molecule has 1 atom stereocenters. The van der Waals surface area contributed by atoms with Crippen LogP contribution in [0.3, 0.4) is 0 Å². The van der Waals surface area contributed by atoms with Gasteiger partial charge in [0.2, 0.25) is 0 Å². The van der Waals surface area contributed by atoms with Crippen LogP contribution in [0.2, 0.25) is 0 Å². The maximum Gasteiger partial charge on any atom is 0.329 e. The summed E-state index contributed by atoms with van der Waals surface area (Å²) in [5, 5.41) is 12.1. The van der Waals surface area contributed by atoms with Crippen LogP contribution in [0.25, 0.3) is 0 Å². The number of hydrogen-bond acceptors (Lipinski definition) is 3. The van der Waals surface area contributed by atoms with Crippen LogP contribution in [0, 0.1) is 0 Å². The van der Waals surface area contributed by atoms with Gasteiger partial charge in [-0.2, -0.15) is 5.10 Å². The summed E-state index contributed by atoms with van der Waals surface area (Å²) in [7, 11) is 0. The molecule has 1 unspecified atom stereocenters. The quantitative estimate of drug-likeness (QED) is 0.614. The van der Waals surface area contributed by atoms with Gasteiger partial charge in [0.25, 0.3) is 0 Å². The Morgan fingerprint density at radius 1 is 2.00 bits per heavy atom. The van der Waals surface area contributed by atoms with Gasteiger partial charge in [0.15, 0.2) is 6.04 Å². The zero-order chi connectivity index (χ0) is 6.85. The molecule has 1 rings (SSSR count). The maximum absolute atomic E-state index is 10.3. The largest absolute Gasteiger partial charge is 0.480 e. The third-order valence-electron chi connectivity index (χ3n) is 1.06. The van der Waals surface area contributed by atoms with E-state index in [0.29, 0.717) is 6.42 Å². The first-order chi connectivity index (χ1) is 4.22. The number of halogens is 1. The van der Waals surface area contributed by atoms with Crippen LogP contribution in [0.4, 0.5) is 0 Å². The second-order valence-corrected chi connectivity index (χ2v) is 2.40. The Kier molecular flexibility index (Phi) is 1.70. The molecule has 4 nitrogen and oxygen atoms in total. The second kappa shape index (κ2) is 2.34. The Labute approximate surface area is 60.5 Å². The van der Waals surface area contributed by atoms with Crippen LogP contribution >= 0.6 is 16.1 Å². The fraction of sp³-hybridized carbons (Fsp3) is 0.500. The van der Waals surface area contributed by atoms with E-state index >= 15 is 0 Å². The number of hydrazone groups is 1. The molecule has 9 heavy (non-hydrogen) atoms. The Balaban J connectivity index is 2.55. The molecule has 0 saturated carbocycles. The molecule has 0 fully saturated rings. The number of nitrogens with zero attached hydrogens (tertiary/aromatic N) is 2. The van der Waals surface area contributed by atoms with Crippen LogP contribution in [0.15, 0.2) is 5.10 Å². The van der Waals surface area contributed by atoms with Gasteiger partial charge in [-0.1, -0.05) is 0 Å². The molecule has 1 N–H and O–H groups in total. The molecule has 50 valence electrons. The third-order valence-corrected chi connectivity index (χ3v) is 1.74. The Morgan fingerprint density at radius 3 is 2.89 bits per heavy atom. The summed E-state index contributed by atoms with van der Waals surface area (Å²) < 4.78 is 1.26. The standard InChI is InChI=1S/C4H5BrN2O2/c5-7-3(4(8)9)1-2-6-7/h2-3H,1H2,(H,8,9). The topological polar surface area (TPSA) is 52.9 Å². The van der Waals surface area contributed by atoms with Gasteiger partial charge in [-0.3, -0.25) is 0 Å². The molecule has 0 aromatic carbocycles. The summed E-state index contributed by atoms with van der Waals surface area (Å²) >= 11 is 2.96. The molecular weight excluding hydrogens is 188 g/mol. The molecule has 0 saturated heterocycles. The van der Waals surface area contributed by atoms with Crippen molar-refractivity contribution in [1.29, 1.82) is 0 Å². The Morgan fingerprint density at radius 2 is 2.67 bits per heavy atom. The minimum atomic E-state index is -0.857. The second-order valence-electron chi connectivity index (χ2n) is 1.68. The zero-order valence-corrected chi connectivity index (χ0v) is 6.08. The number of hydrogen-bond donors (Lipinski definition) is 1. The fourth-order valence-electron chi connectivity index (χ4n) is 0.584. The number of aliphatic carboxylic acids is 1. The summed E-state index contributed by atoms with van der Waals surface area (Å²) in [5.74, 6) is -0.857. The van der Waals surface area contributed by atoms with Crippen LogP contribution < -0.4 is 0 Å². The zero-order valence-electron chi connectivity index (χ0n) is 4.49. The van der Waals surface area contributed by atoms with Crippen molar-refractivity contribution >= 4 is 28.3 Å². The molecule has 1 aliphatic heterocycles. The van der Waals surface area contributed by atoms with Crippen molar-refractivity contribution in [2.45, 2.75) is 12.5 Å². The number of carbonyl (C=O) groups is 1. The first-order valence-electron chi connectivity index (χ1n) is 2.42. The van der Waals surface area contributed by atoms with Crippen LogP contribution in [0.1, 0.15) is 6.42 Å². The van der Waals surface area contributed by atoms with Crippen LogP contribution in [0.5, 0.6) is 0 Å². The van der Waals surface area contributed by atoms with Gasteiger partial charge < -0.3 is 5.11 Å². The van der Waals surface area contributed by atoms with Crippen molar-refractivity contribution in [2.24, 2.45) is 5.10 Å². The minimum Gasteiger partial charge on any atom is -0.480 e. The van der Waals surface area contributed by atoms with E-state index in [-0.39, 0.29) is 0 Å². The van der Waals surface area contributed by atoms with Crippen molar-refractivity contribution in [1.82, 2.24) is 4.03 Å². The molecule has 1 heterocycles. The van der Waals surface area contributed by atoms with E-state index in [4.69, 9.17) is 5.11 Å². The highest BCUT2D eigenvalue weighted by molar-refractivity contribution is 9.07. The van der Waals surface area contributed by atoms with Gasteiger partial charge in [-0.25, -0.2) is 8.83 Å². The molecule has 0 radical (unpaired) electrons. The van der Waals surface area contributed by atoms with Gasteiger partial charge >= 0.3 is 5.97 Å². The summed E-state index contributed by atoms with van der Waals surface area (Å²) in [6.45, 7) is 0. The predicted octanol–water partition coefficient (Wildman–Crippen LogP) is 0.441. The highest BCUT2D eigenvalue weighted by Crippen LogP contribution is 2.14. The molecule has 0 amide bonds. The number of rotatable bonds is 1. The molecule has 5 heteroatoms. The first kappa shape index (κ1) is 6.54. The lowest BCUT2D eigenvalue weighted by molar-refractivity contribution is -0.140. The average molecular weight is 193 g/mol. The smallest absolute Gasteiger partial charge is 0.329 e. The summed E-state index contributed by atoms with van der Waals surface area (Å²) in [6.07, 6.45) is 2.04. The molecule has 0 aromatic rings. The van der Waals surface area contributed by atoms with Crippen molar-refractivity contribution in [2.75, 3.05) is 0 Å². The van der Waals surface area contributed by atoms with Crippen LogP contribution in [-0.2, 0) is 4.79 Å². The fourth-order valence-corrected chi connectivity index (χ4v) is 1.06. The van der Waals surface area contributed by atoms with Crippen molar-refractivity contribution < 1.29 is 9.90 Å². The van der Waals surface area contributed by atoms with Gasteiger partial charge in [0.05, 0.1) is 16.1 Å². The Bertz CT molecular complexity index is 159. The molecule has 0 aliphatic carbocycles. The summed E-state index contributed by atoms with van der Waals surface area (Å²) in [5.41, 5.74) is 0. The van der Waals surface area contributed by atoms with Crippen molar-refractivity contribution in [3.8, 4) is 0 Å². The number of carboxylic acid groups (broad SMARTS) is 1. The minimum absolute atomic E-state index is 0.473. The Hall–Kier alpha value is -0.580. The lowest BCUT2D eigenvalue weighted by atomic mass is 10.2. The van der Waals surface area contributed by atoms with Gasteiger partial charge in [-0.15, -0.1) is 0 Å². The third kappa shape index (κ3) is 1.21. The molecular formula is C4H5BrN2O2. The van der Waals surface area contributed by atoms with E-state index in [9.17, 15) is 4.79 Å². The number of carboxylic acids is 1. The maximum atomic E-state index is 10.3. The van der Waals surface area contributed by atoms with E-state index in [1.165, 1.54) is 4.03 Å². The van der Waals surface area contributed by atoms with Crippen molar-refractivity contribution in [3.63, 3.8) is 0 Å². The van der Waals surface area contributed by atoms with Gasteiger partial charge in [0.1, 0.15) is 0 Å². The molecule has 0 bridgehead atoms.